The van der Waals surface area contributed by atoms with Crippen molar-refractivity contribution in [3.63, 3.8) is 0 Å². The lowest BCUT2D eigenvalue weighted by Gasteiger charge is -2.05. The van der Waals surface area contributed by atoms with Gasteiger partial charge in [-0.3, -0.25) is 4.18 Å². The number of hydrogen-bond acceptors (Lipinski definition) is 5. The second-order valence-corrected chi connectivity index (χ2v) is 6.65. The van der Waals surface area contributed by atoms with Gasteiger partial charge in [0, 0.05) is 0 Å². The molecule has 12 heavy (non-hydrogen) atoms. The molecule has 0 aromatic heterocycles. The Labute approximate surface area is 71.8 Å². The highest BCUT2D eigenvalue weighted by atomic mass is 32.2. The van der Waals surface area contributed by atoms with E-state index in [1.807, 2.05) is 0 Å². The van der Waals surface area contributed by atoms with Gasteiger partial charge in [0.15, 0.2) is 9.84 Å². The zero-order valence-electron chi connectivity index (χ0n) is 6.56. The van der Waals surface area contributed by atoms with E-state index < -0.39 is 26.1 Å². The molecule has 0 radical (unpaired) electrons. The van der Waals surface area contributed by atoms with Gasteiger partial charge in [0.05, 0.1) is 23.9 Å². The molecule has 5 nitrogen and oxygen atoms in total. The molecule has 0 spiro atoms. The molecule has 0 aliphatic carbocycles. The first-order valence-electron chi connectivity index (χ1n) is 3.37. The molecule has 1 atom stereocenters. The van der Waals surface area contributed by atoms with Gasteiger partial charge in [-0.25, -0.2) is 8.42 Å². The standard InChI is InChI=1S/C5H10O5S2/c1-11(6,7)10-5-2-3-12(8,9)4-5/h5H,2-4H2,1H3/t5-/m1/s1. The molecule has 1 fully saturated rings. The van der Waals surface area contributed by atoms with Crippen LogP contribution in [-0.4, -0.2) is 40.7 Å². The van der Waals surface area contributed by atoms with Gasteiger partial charge < -0.3 is 0 Å². The average molecular weight is 214 g/mol. The summed E-state index contributed by atoms with van der Waals surface area (Å²) in [5.41, 5.74) is 0. The maximum atomic E-state index is 10.9. The van der Waals surface area contributed by atoms with E-state index in [0.717, 1.165) is 6.26 Å². The summed E-state index contributed by atoms with van der Waals surface area (Å²) < 4.78 is 47.4. The van der Waals surface area contributed by atoms with Crippen molar-refractivity contribution in [1.29, 1.82) is 0 Å². The number of hydrogen-bond donors (Lipinski definition) is 0. The molecule has 0 bridgehead atoms. The molecule has 0 unspecified atom stereocenters. The largest absolute Gasteiger partial charge is 0.266 e. The first-order valence-corrected chi connectivity index (χ1v) is 7.01. The highest BCUT2D eigenvalue weighted by Crippen LogP contribution is 2.16. The van der Waals surface area contributed by atoms with Crippen LogP contribution in [0.5, 0.6) is 0 Å². The van der Waals surface area contributed by atoms with Crippen molar-refractivity contribution in [3.05, 3.63) is 0 Å². The van der Waals surface area contributed by atoms with Crippen LogP contribution in [0.25, 0.3) is 0 Å². The van der Waals surface area contributed by atoms with Crippen LogP contribution in [-0.2, 0) is 24.1 Å². The van der Waals surface area contributed by atoms with Crippen LogP contribution in [0.1, 0.15) is 6.42 Å². The zero-order chi connectivity index (χ0) is 9.41. The van der Waals surface area contributed by atoms with Crippen molar-refractivity contribution in [2.24, 2.45) is 0 Å². The molecule has 1 rings (SSSR count). The van der Waals surface area contributed by atoms with Gasteiger partial charge in [-0.2, -0.15) is 8.42 Å². The maximum Gasteiger partial charge on any atom is 0.264 e. The first-order chi connectivity index (χ1) is 5.29. The molecular formula is C5H10O5S2. The Hall–Kier alpha value is -0.140. The lowest BCUT2D eigenvalue weighted by Crippen LogP contribution is -2.18. The fourth-order valence-electron chi connectivity index (χ4n) is 1.08. The van der Waals surface area contributed by atoms with Gasteiger partial charge in [0.2, 0.25) is 0 Å². The van der Waals surface area contributed by atoms with Gasteiger partial charge in [-0.1, -0.05) is 0 Å². The summed E-state index contributed by atoms with van der Waals surface area (Å²) in [6.07, 6.45) is 0.512. The van der Waals surface area contributed by atoms with Gasteiger partial charge in [-0.05, 0) is 6.42 Å². The normalized spacial score (nSPS) is 28.9. The predicted molar refractivity (Wildman–Crippen MR) is 43.0 cm³/mol. The Morgan fingerprint density at radius 3 is 2.33 bits per heavy atom. The molecule has 7 heteroatoms. The van der Waals surface area contributed by atoms with Crippen LogP contribution in [0.15, 0.2) is 0 Å². The van der Waals surface area contributed by atoms with Gasteiger partial charge in [0.25, 0.3) is 10.1 Å². The summed E-state index contributed by atoms with van der Waals surface area (Å²) in [5, 5.41) is 0. The first kappa shape index (κ1) is 9.94. The molecule has 0 saturated carbocycles. The van der Waals surface area contributed by atoms with E-state index in [1.54, 1.807) is 0 Å². The van der Waals surface area contributed by atoms with E-state index in [4.69, 9.17) is 0 Å². The average Bonchev–Trinajstić information content (AvgIpc) is 2.05. The van der Waals surface area contributed by atoms with Crippen LogP contribution in [0, 0.1) is 0 Å². The van der Waals surface area contributed by atoms with Gasteiger partial charge in [-0.15, -0.1) is 0 Å². The molecule has 1 heterocycles. The van der Waals surface area contributed by atoms with Crippen LogP contribution < -0.4 is 0 Å². The Balaban J connectivity index is 2.61. The summed E-state index contributed by atoms with van der Waals surface area (Å²) in [7, 11) is -6.58. The Bertz CT molecular complexity index is 351. The molecule has 1 aliphatic rings. The fourth-order valence-corrected chi connectivity index (χ4v) is 3.42. The highest BCUT2D eigenvalue weighted by Gasteiger charge is 2.30. The van der Waals surface area contributed by atoms with Crippen LogP contribution in [0.4, 0.5) is 0 Å². The van der Waals surface area contributed by atoms with Gasteiger partial charge >= 0.3 is 0 Å². The van der Waals surface area contributed by atoms with E-state index >= 15 is 0 Å². The second kappa shape index (κ2) is 2.97. The second-order valence-electron chi connectivity index (χ2n) is 2.83. The molecule has 72 valence electrons. The van der Waals surface area contributed by atoms with Gasteiger partial charge in [0.1, 0.15) is 0 Å². The predicted octanol–water partition coefficient (Wildman–Crippen LogP) is -0.850. The summed E-state index contributed by atoms with van der Waals surface area (Å²) in [4.78, 5) is 0. The minimum absolute atomic E-state index is 0.0210. The lowest BCUT2D eigenvalue weighted by atomic mass is 10.3. The third kappa shape index (κ3) is 3.08. The molecule has 1 aliphatic heterocycles. The molecule has 0 aromatic rings. The summed E-state index contributed by atoms with van der Waals surface area (Å²) in [5.74, 6) is -0.159. The smallest absolute Gasteiger partial charge is 0.264 e. The fraction of sp³-hybridized carbons (Fsp3) is 1.00. The van der Waals surface area contributed by atoms with Crippen LogP contribution in [0.2, 0.25) is 0 Å². The topological polar surface area (TPSA) is 77.5 Å². The van der Waals surface area contributed by atoms with Crippen LogP contribution in [0.3, 0.4) is 0 Å². The summed E-state index contributed by atoms with van der Waals surface area (Å²) in [6, 6.07) is 0. The van der Waals surface area contributed by atoms with Crippen molar-refractivity contribution in [2.45, 2.75) is 12.5 Å². The SMILES string of the molecule is CS(=O)(=O)O[C@@H]1CCS(=O)(=O)C1. The highest BCUT2D eigenvalue weighted by molar-refractivity contribution is 7.91. The Kier molecular flexibility index (Phi) is 2.46. The van der Waals surface area contributed by atoms with Crippen molar-refractivity contribution in [1.82, 2.24) is 0 Å². The monoisotopic (exact) mass is 214 g/mol. The minimum atomic E-state index is -3.52. The third-order valence-corrected chi connectivity index (χ3v) is 3.86. The molecule has 0 amide bonds. The summed E-state index contributed by atoms with van der Waals surface area (Å²) in [6.45, 7) is 0. The van der Waals surface area contributed by atoms with E-state index in [2.05, 4.69) is 4.18 Å². The lowest BCUT2D eigenvalue weighted by molar-refractivity contribution is 0.238. The van der Waals surface area contributed by atoms with E-state index in [9.17, 15) is 16.8 Å². The zero-order valence-corrected chi connectivity index (χ0v) is 8.19. The Morgan fingerprint density at radius 1 is 1.42 bits per heavy atom. The van der Waals surface area contributed by atoms with E-state index in [-0.39, 0.29) is 17.9 Å². The van der Waals surface area contributed by atoms with Crippen molar-refractivity contribution in [3.8, 4) is 0 Å². The van der Waals surface area contributed by atoms with E-state index in [0.29, 0.717) is 0 Å². The van der Waals surface area contributed by atoms with Crippen molar-refractivity contribution in [2.75, 3.05) is 17.8 Å². The maximum absolute atomic E-state index is 10.9. The van der Waals surface area contributed by atoms with Crippen molar-refractivity contribution >= 4 is 20.0 Å². The van der Waals surface area contributed by atoms with E-state index in [1.165, 1.54) is 0 Å². The van der Waals surface area contributed by atoms with Crippen LogP contribution >= 0.6 is 0 Å². The Morgan fingerprint density at radius 2 is 2.00 bits per heavy atom. The molecular weight excluding hydrogens is 204 g/mol. The third-order valence-electron chi connectivity index (χ3n) is 1.50. The molecule has 0 aromatic carbocycles. The number of sulfone groups is 1. The van der Waals surface area contributed by atoms with Crippen molar-refractivity contribution < 1.29 is 21.0 Å². The molecule has 0 N–H and O–H groups in total. The number of rotatable bonds is 2. The minimum Gasteiger partial charge on any atom is -0.266 e. The summed E-state index contributed by atoms with van der Waals surface area (Å²) >= 11 is 0. The molecule has 1 saturated heterocycles. The quantitative estimate of drug-likeness (QED) is 0.559.